The van der Waals surface area contributed by atoms with Gasteiger partial charge in [-0.3, -0.25) is 4.98 Å². The van der Waals surface area contributed by atoms with E-state index in [2.05, 4.69) is 24.1 Å². The molecule has 3 unspecified atom stereocenters. The highest BCUT2D eigenvalue weighted by Gasteiger charge is 2.29. The fourth-order valence-electron chi connectivity index (χ4n) is 3.47. The molecular formula is C17H27FN2. The Morgan fingerprint density at radius 2 is 2.25 bits per heavy atom. The molecule has 3 heteroatoms. The third kappa shape index (κ3) is 3.78. The van der Waals surface area contributed by atoms with Crippen LogP contribution >= 0.6 is 0 Å². The first kappa shape index (κ1) is 15.4. The maximum atomic E-state index is 14.1. The van der Waals surface area contributed by atoms with Crippen molar-refractivity contribution < 1.29 is 4.39 Å². The lowest BCUT2D eigenvalue weighted by Crippen LogP contribution is -2.32. The Balaban J connectivity index is 2.16. The van der Waals surface area contributed by atoms with E-state index in [0.717, 1.165) is 24.4 Å². The van der Waals surface area contributed by atoms with Crippen LogP contribution < -0.4 is 5.32 Å². The lowest BCUT2D eigenvalue weighted by Gasteiger charge is -2.35. The molecule has 3 atom stereocenters. The van der Waals surface area contributed by atoms with E-state index in [0.29, 0.717) is 5.92 Å². The summed E-state index contributed by atoms with van der Waals surface area (Å²) in [5.74, 6) is 1.20. The number of aromatic nitrogens is 1. The van der Waals surface area contributed by atoms with Gasteiger partial charge in [0, 0.05) is 17.8 Å². The third-order valence-corrected chi connectivity index (χ3v) is 4.63. The second-order valence-corrected chi connectivity index (χ2v) is 6.03. The Kier molecular flexibility index (Phi) is 5.96. The molecule has 0 saturated heterocycles. The second-order valence-electron chi connectivity index (χ2n) is 6.03. The summed E-state index contributed by atoms with van der Waals surface area (Å²) in [7, 11) is 0. The molecule has 2 rings (SSSR count). The summed E-state index contributed by atoms with van der Waals surface area (Å²) in [6.07, 6.45) is 10.4. The van der Waals surface area contributed by atoms with E-state index in [-0.39, 0.29) is 11.9 Å². The van der Waals surface area contributed by atoms with Crippen molar-refractivity contribution in [3.05, 3.63) is 29.8 Å². The molecule has 1 heterocycles. The number of halogens is 1. The van der Waals surface area contributed by atoms with Gasteiger partial charge in [-0.25, -0.2) is 4.39 Å². The van der Waals surface area contributed by atoms with Crippen LogP contribution in [0.15, 0.2) is 18.5 Å². The van der Waals surface area contributed by atoms with Crippen molar-refractivity contribution in [1.29, 1.82) is 0 Å². The van der Waals surface area contributed by atoms with E-state index < -0.39 is 0 Å². The van der Waals surface area contributed by atoms with Crippen LogP contribution in [-0.2, 0) is 0 Å². The van der Waals surface area contributed by atoms with Gasteiger partial charge in [0.2, 0.25) is 0 Å². The Labute approximate surface area is 122 Å². The number of hydrogen-bond donors (Lipinski definition) is 1. The third-order valence-electron chi connectivity index (χ3n) is 4.63. The van der Waals surface area contributed by atoms with Crippen LogP contribution in [0.25, 0.3) is 0 Å². The first-order valence-corrected chi connectivity index (χ1v) is 8.09. The van der Waals surface area contributed by atoms with E-state index >= 15 is 0 Å². The maximum Gasteiger partial charge on any atom is 0.146 e. The molecule has 1 saturated carbocycles. The summed E-state index contributed by atoms with van der Waals surface area (Å²) < 4.78 is 14.1. The lowest BCUT2D eigenvalue weighted by atomic mass is 9.75. The highest BCUT2D eigenvalue weighted by molar-refractivity contribution is 5.18. The summed E-state index contributed by atoms with van der Waals surface area (Å²) in [4.78, 5) is 3.88. The van der Waals surface area contributed by atoms with Crippen LogP contribution in [-0.4, -0.2) is 11.5 Å². The number of nitrogens with one attached hydrogen (secondary N) is 1. The van der Waals surface area contributed by atoms with Gasteiger partial charge in [-0.2, -0.15) is 0 Å². The van der Waals surface area contributed by atoms with E-state index in [1.807, 2.05) is 6.07 Å². The van der Waals surface area contributed by atoms with Gasteiger partial charge < -0.3 is 5.32 Å². The van der Waals surface area contributed by atoms with Crippen molar-refractivity contribution in [3.63, 3.8) is 0 Å². The van der Waals surface area contributed by atoms with Gasteiger partial charge in [0.1, 0.15) is 5.82 Å². The molecule has 2 nitrogen and oxygen atoms in total. The average Bonchev–Trinajstić information content (AvgIpc) is 2.49. The molecule has 0 aliphatic heterocycles. The summed E-state index contributed by atoms with van der Waals surface area (Å²) in [6, 6.07) is 1.99. The van der Waals surface area contributed by atoms with Gasteiger partial charge in [-0.05, 0) is 43.7 Å². The van der Waals surface area contributed by atoms with E-state index in [9.17, 15) is 4.39 Å². The van der Waals surface area contributed by atoms with Gasteiger partial charge in [0.15, 0.2) is 0 Å². The van der Waals surface area contributed by atoms with Crippen molar-refractivity contribution in [2.75, 3.05) is 6.54 Å². The predicted molar refractivity (Wildman–Crippen MR) is 81.0 cm³/mol. The molecule has 1 aromatic rings. The molecular weight excluding hydrogens is 251 g/mol. The second kappa shape index (κ2) is 7.72. The fourth-order valence-corrected chi connectivity index (χ4v) is 3.47. The summed E-state index contributed by atoms with van der Waals surface area (Å²) in [5, 5.41) is 3.57. The molecule has 0 spiro atoms. The molecule has 0 amide bonds. The smallest absolute Gasteiger partial charge is 0.146 e. The number of nitrogens with zero attached hydrogens (tertiary/aromatic N) is 1. The van der Waals surface area contributed by atoms with Crippen molar-refractivity contribution in [2.24, 2.45) is 11.8 Å². The topological polar surface area (TPSA) is 24.9 Å². The van der Waals surface area contributed by atoms with Crippen molar-refractivity contribution >= 4 is 0 Å². The quantitative estimate of drug-likeness (QED) is 0.830. The largest absolute Gasteiger partial charge is 0.310 e. The Hall–Kier alpha value is -0.960. The molecule has 0 bridgehead atoms. The normalized spacial score (nSPS) is 24.6. The SMILES string of the molecule is CCCNC(c1ccncc1F)C1CCCC(CC)C1. The molecule has 20 heavy (non-hydrogen) atoms. The van der Waals surface area contributed by atoms with Crippen LogP contribution in [0.1, 0.15) is 64.0 Å². The van der Waals surface area contributed by atoms with Crippen molar-refractivity contribution in [3.8, 4) is 0 Å². The molecule has 112 valence electrons. The van der Waals surface area contributed by atoms with Gasteiger partial charge >= 0.3 is 0 Å². The molecule has 0 aromatic carbocycles. The number of hydrogen-bond acceptors (Lipinski definition) is 2. The van der Waals surface area contributed by atoms with Crippen LogP contribution in [0.3, 0.4) is 0 Å². The first-order chi connectivity index (χ1) is 9.76. The van der Waals surface area contributed by atoms with Gasteiger partial charge in [0.25, 0.3) is 0 Å². The molecule has 0 radical (unpaired) electrons. The van der Waals surface area contributed by atoms with Crippen LogP contribution in [0, 0.1) is 17.7 Å². The van der Waals surface area contributed by atoms with Crippen LogP contribution in [0.4, 0.5) is 4.39 Å². The molecule has 1 aliphatic carbocycles. The minimum Gasteiger partial charge on any atom is -0.310 e. The van der Waals surface area contributed by atoms with Crippen molar-refractivity contribution in [2.45, 2.75) is 58.4 Å². The average molecular weight is 278 g/mol. The predicted octanol–water partition coefficient (Wildman–Crippen LogP) is 4.48. The Bertz CT molecular complexity index is 408. The molecule has 1 fully saturated rings. The minimum atomic E-state index is -0.167. The van der Waals surface area contributed by atoms with Gasteiger partial charge in [-0.15, -0.1) is 0 Å². The highest BCUT2D eigenvalue weighted by atomic mass is 19.1. The van der Waals surface area contributed by atoms with Crippen LogP contribution in [0.5, 0.6) is 0 Å². The molecule has 1 N–H and O–H groups in total. The summed E-state index contributed by atoms with van der Waals surface area (Å²) >= 11 is 0. The summed E-state index contributed by atoms with van der Waals surface area (Å²) in [6.45, 7) is 5.37. The zero-order chi connectivity index (χ0) is 14.4. The Morgan fingerprint density at radius 1 is 1.40 bits per heavy atom. The fraction of sp³-hybridized carbons (Fsp3) is 0.706. The highest BCUT2D eigenvalue weighted by Crippen LogP contribution is 2.38. The monoisotopic (exact) mass is 278 g/mol. The maximum absolute atomic E-state index is 14.1. The zero-order valence-electron chi connectivity index (χ0n) is 12.7. The van der Waals surface area contributed by atoms with Gasteiger partial charge in [0.05, 0.1) is 6.20 Å². The minimum absolute atomic E-state index is 0.146. The van der Waals surface area contributed by atoms with E-state index in [1.54, 1.807) is 6.20 Å². The van der Waals surface area contributed by atoms with E-state index in [4.69, 9.17) is 0 Å². The zero-order valence-corrected chi connectivity index (χ0v) is 12.7. The summed E-state index contributed by atoms with van der Waals surface area (Å²) in [5.41, 5.74) is 0.801. The number of rotatable bonds is 6. The van der Waals surface area contributed by atoms with Crippen molar-refractivity contribution in [1.82, 2.24) is 10.3 Å². The van der Waals surface area contributed by atoms with Crippen LogP contribution in [0.2, 0.25) is 0 Å². The first-order valence-electron chi connectivity index (χ1n) is 8.09. The lowest BCUT2D eigenvalue weighted by molar-refractivity contribution is 0.206. The standard InChI is InChI=1S/C17H27FN2/c1-3-9-20-17(15-8-10-19-12-16(15)18)14-7-5-6-13(4-2)11-14/h8,10,12-14,17,20H,3-7,9,11H2,1-2H3. The Morgan fingerprint density at radius 3 is 2.95 bits per heavy atom. The number of pyridine rings is 1. The molecule has 1 aromatic heterocycles. The molecule has 1 aliphatic rings. The van der Waals surface area contributed by atoms with E-state index in [1.165, 1.54) is 38.3 Å². The van der Waals surface area contributed by atoms with Gasteiger partial charge in [-0.1, -0.05) is 33.1 Å².